The number of thioether (sulfide) groups is 1. The van der Waals surface area contributed by atoms with Crippen molar-refractivity contribution >= 4 is 17.7 Å². The summed E-state index contributed by atoms with van der Waals surface area (Å²) in [6, 6.07) is 0. The number of aromatic nitrogens is 1. The van der Waals surface area contributed by atoms with Gasteiger partial charge in [0.15, 0.2) is 0 Å². The highest BCUT2D eigenvalue weighted by Gasteiger charge is 2.34. The van der Waals surface area contributed by atoms with Crippen molar-refractivity contribution in [1.82, 2.24) is 10.3 Å². The van der Waals surface area contributed by atoms with E-state index in [1.165, 1.54) is 11.8 Å². The Morgan fingerprint density at radius 3 is 2.84 bits per heavy atom. The second-order valence-corrected chi connectivity index (χ2v) is 6.34. The number of aliphatic carboxylic acids is 1. The van der Waals surface area contributed by atoms with Crippen molar-refractivity contribution in [3.8, 4) is 0 Å². The molecule has 0 radical (unpaired) electrons. The van der Waals surface area contributed by atoms with Crippen LogP contribution in [0, 0.1) is 6.92 Å². The summed E-state index contributed by atoms with van der Waals surface area (Å²) in [7, 11) is 0. The lowest BCUT2D eigenvalue weighted by Crippen LogP contribution is -2.51. The zero-order valence-electron chi connectivity index (χ0n) is 11.9. The molecule has 0 aromatic carbocycles. The van der Waals surface area contributed by atoms with Crippen LogP contribution in [0.15, 0.2) is 15.9 Å². The highest BCUT2D eigenvalue weighted by molar-refractivity contribution is 7.99. The van der Waals surface area contributed by atoms with Crippen LogP contribution in [0.4, 0.5) is 0 Å². The minimum Gasteiger partial charge on any atom is -0.480 e. The van der Waals surface area contributed by atoms with Gasteiger partial charge in [-0.3, -0.25) is 4.79 Å². The Kier molecular flexibility index (Phi) is 5.87. The van der Waals surface area contributed by atoms with E-state index < -0.39 is 11.5 Å². The molecule has 2 N–H and O–H groups in total. The largest absolute Gasteiger partial charge is 0.480 e. The highest BCUT2D eigenvalue weighted by atomic mass is 32.2. The fraction of sp³-hybridized carbons (Fsp3) is 0.692. The molecule has 2 unspecified atom stereocenters. The maximum absolute atomic E-state index is 11.4. The number of nitrogens with zero attached hydrogens (tertiary/aromatic N) is 1. The average Bonchev–Trinajstić information content (AvgIpc) is 2.71. The lowest BCUT2D eigenvalue weighted by atomic mass is 9.96. The van der Waals surface area contributed by atoms with Crippen LogP contribution >= 0.6 is 11.8 Å². The van der Waals surface area contributed by atoms with Crippen molar-refractivity contribution in [3.63, 3.8) is 0 Å². The second-order valence-electron chi connectivity index (χ2n) is 4.95. The van der Waals surface area contributed by atoms with Gasteiger partial charge < -0.3 is 14.8 Å². The molecule has 108 valence electrons. The van der Waals surface area contributed by atoms with E-state index in [9.17, 15) is 9.90 Å². The molecule has 0 aliphatic heterocycles. The second kappa shape index (κ2) is 6.96. The molecule has 0 saturated carbocycles. The standard InChI is InChI=1S/C13H22N2O3S/c1-5-6-14-13(4,11(16)17)7-10(3)19-12-15-9(2)8-18-12/h8,10,14H,5-7H2,1-4H3,(H,16,17). The lowest BCUT2D eigenvalue weighted by molar-refractivity contribution is -0.144. The van der Waals surface area contributed by atoms with E-state index in [0.717, 1.165) is 12.1 Å². The Morgan fingerprint density at radius 1 is 1.68 bits per heavy atom. The first-order valence-electron chi connectivity index (χ1n) is 6.44. The number of carboxylic acids is 1. The Hall–Kier alpha value is -1.01. The van der Waals surface area contributed by atoms with E-state index in [1.54, 1.807) is 13.2 Å². The zero-order valence-corrected chi connectivity index (χ0v) is 12.7. The normalized spacial score (nSPS) is 16.0. The molecule has 19 heavy (non-hydrogen) atoms. The topological polar surface area (TPSA) is 75.4 Å². The van der Waals surface area contributed by atoms with Crippen LogP contribution in [-0.4, -0.2) is 33.4 Å². The van der Waals surface area contributed by atoms with Gasteiger partial charge in [0.05, 0.1) is 5.69 Å². The van der Waals surface area contributed by atoms with Crippen molar-refractivity contribution in [1.29, 1.82) is 0 Å². The van der Waals surface area contributed by atoms with Gasteiger partial charge in [-0.05, 0) is 33.2 Å². The molecule has 2 atom stereocenters. The van der Waals surface area contributed by atoms with Gasteiger partial charge in [0.2, 0.25) is 0 Å². The van der Waals surface area contributed by atoms with E-state index in [2.05, 4.69) is 10.3 Å². The molecule has 1 heterocycles. The predicted molar refractivity (Wildman–Crippen MR) is 75.5 cm³/mol. The average molecular weight is 286 g/mol. The van der Waals surface area contributed by atoms with Gasteiger partial charge in [0.1, 0.15) is 11.8 Å². The maximum atomic E-state index is 11.4. The van der Waals surface area contributed by atoms with Gasteiger partial charge in [-0.25, -0.2) is 4.98 Å². The summed E-state index contributed by atoms with van der Waals surface area (Å²) >= 11 is 1.46. The summed E-state index contributed by atoms with van der Waals surface area (Å²) in [5.41, 5.74) is -0.0795. The third kappa shape index (κ3) is 4.87. The number of carbonyl (C=O) groups is 1. The van der Waals surface area contributed by atoms with E-state index in [0.29, 0.717) is 18.2 Å². The van der Waals surface area contributed by atoms with Gasteiger partial charge in [0.25, 0.3) is 5.22 Å². The fourth-order valence-electron chi connectivity index (χ4n) is 1.81. The first-order chi connectivity index (χ1) is 8.87. The Bertz CT molecular complexity index is 422. The van der Waals surface area contributed by atoms with Crippen LogP contribution in [0.5, 0.6) is 0 Å². The molecule has 1 rings (SSSR count). The number of rotatable bonds is 8. The number of carboxylic acid groups (broad SMARTS) is 1. The molecule has 0 aliphatic carbocycles. The van der Waals surface area contributed by atoms with Crippen LogP contribution in [-0.2, 0) is 4.79 Å². The molecule has 0 aliphatic rings. The Labute approximate surface area is 118 Å². The smallest absolute Gasteiger partial charge is 0.323 e. The monoisotopic (exact) mass is 286 g/mol. The SMILES string of the molecule is CCCNC(C)(CC(C)Sc1nc(C)co1)C(=O)O. The maximum Gasteiger partial charge on any atom is 0.323 e. The molecular weight excluding hydrogens is 264 g/mol. The third-order valence-electron chi connectivity index (χ3n) is 2.83. The third-order valence-corrected chi connectivity index (χ3v) is 3.79. The van der Waals surface area contributed by atoms with Crippen LogP contribution in [0.3, 0.4) is 0 Å². The van der Waals surface area contributed by atoms with Crippen molar-refractivity contribution in [2.75, 3.05) is 6.54 Å². The molecular formula is C13H22N2O3S. The molecule has 6 heteroatoms. The highest BCUT2D eigenvalue weighted by Crippen LogP contribution is 2.28. The Balaban J connectivity index is 2.60. The van der Waals surface area contributed by atoms with Gasteiger partial charge in [0, 0.05) is 5.25 Å². The molecule has 0 spiro atoms. The lowest BCUT2D eigenvalue weighted by Gasteiger charge is -2.28. The van der Waals surface area contributed by atoms with Gasteiger partial charge in [-0.2, -0.15) is 0 Å². The minimum absolute atomic E-state index is 0.100. The molecule has 0 bridgehead atoms. The number of oxazole rings is 1. The summed E-state index contributed by atoms with van der Waals surface area (Å²) in [5, 5.41) is 13.2. The summed E-state index contributed by atoms with van der Waals surface area (Å²) in [5.74, 6) is -0.822. The van der Waals surface area contributed by atoms with Gasteiger partial charge in [-0.15, -0.1) is 0 Å². The van der Waals surface area contributed by atoms with E-state index in [1.807, 2.05) is 20.8 Å². The zero-order chi connectivity index (χ0) is 14.5. The van der Waals surface area contributed by atoms with Crippen LogP contribution in [0.25, 0.3) is 0 Å². The number of hydrogen-bond donors (Lipinski definition) is 2. The summed E-state index contributed by atoms with van der Waals surface area (Å²) in [6.07, 6.45) is 3.01. The number of hydrogen-bond acceptors (Lipinski definition) is 5. The van der Waals surface area contributed by atoms with E-state index in [-0.39, 0.29) is 5.25 Å². The number of nitrogens with one attached hydrogen (secondary N) is 1. The first-order valence-corrected chi connectivity index (χ1v) is 7.32. The molecule has 0 fully saturated rings. The van der Waals surface area contributed by atoms with Crippen molar-refractivity contribution < 1.29 is 14.3 Å². The summed E-state index contributed by atoms with van der Waals surface area (Å²) in [6.45, 7) is 8.28. The minimum atomic E-state index is -0.913. The molecule has 0 amide bonds. The van der Waals surface area contributed by atoms with Crippen molar-refractivity contribution in [3.05, 3.63) is 12.0 Å². The van der Waals surface area contributed by atoms with Crippen molar-refractivity contribution in [2.45, 2.75) is 56.5 Å². The summed E-state index contributed by atoms with van der Waals surface area (Å²) < 4.78 is 5.28. The van der Waals surface area contributed by atoms with Gasteiger partial charge in [-0.1, -0.05) is 25.6 Å². The predicted octanol–water partition coefficient (Wildman–Crippen LogP) is 2.70. The quantitative estimate of drug-likeness (QED) is 0.716. The van der Waals surface area contributed by atoms with E-state index >= 15 is 0 Å². The van der Waals surface area contributed by atoms with E-state index in [4.69, 9.17) is 4.42 Å². The van der Waals surface area contributed by atoms with Crippen LogP contribution < -0.4 is 5.32 Å². The number of aryl methyl sites for hydroxylation is 1. The molecule has 5 nitrogen and oxygen atoms in total. The molecule has 0 saturated heterocycles. The van der Waals surface area contributed by atoms with Crippen molar-refractivity contribution in [2.24, 2.45) is 0 Å². The molecule has 1 aromatic rings. The molecule has 1 aromatic heterocycles. The van der Waals surface area contributed by atoms with Crippen LogP contribution in [0.1, 0.15) is 39.3 Å². The summed E-state index contributed by atoms with van der Waals surface area (Å²) in [4.78, 5) is 15.6. The van der Waals surface area contributed by atoms with Gasteiger partial charge >= 0.3 is 5.97 Å². The van der Waals surface area contributed by atoms with Crippen LogP contribution in [0.2, 0.25) is 0 Å². The first kappa shape index (κ1) is 16.0. The fourth-order valence-corrected chi connectivity index (χ4v) is 2.87. The Morgan fingerprint density at radius 2 is 2.37 bits per heavy atom.